The minimum absolute atomic E-state index is 0.122. The molecule has 1 aliphatic heterocycles. The largest absolute Gasteiger partial charge is 0.368 e. The van der Waals surface area contributed by atoms with Gasteiger partial charge >= 0.3 is 0 Å². The van der Waals surface area contributed by atoms with E-state index in [1.165, 1.54) is 0 Å². The van der Waals surface area contributed by atoms with Crippen LogP contribution in [0.1, 0.15) is 19.3 Å². The van der Waals surface area contributed by atoms with E-state index in [4.69, 9.17) is 27.9 Å². The van der Waals surface area contributed by atoms with Crippen molar-refractivity contribution in [2.75, 3.05) is 11.9 Å². The molecule has 1 atom stereocenters. The molecule has 1 unspecified atom stereocenters. The third-order valence-electron chi connectivity index (χ3n) is 2.66. The summed E-state index contributed by atoms with van der Waals surface area (Å²) < 4.78 is 5.39. The molecule has 17 heavy (non-hydrogen) atoms. The van der Waals surface area contributed by atoms with Crippen LogP contribution in [-0.2, 0) is 9.53 Å². The van der Waals surface area contributed by atoms with E-state index >= 15 is 0 Å². The van der Waals surface area contributed by atoms with Gasteiger partial charge in [-0.25, -0.2) is 0 Å². The molecule has 2 rings (SSSR count). The van der Waals surface area contributed by atoms with Crippen LogP contribution in [-0.4, -0.2) is 18.6 Å². The molecular formula is C12H13Cl2NO2. The maximum Gasteiger partial charge on any atom is 0.253 e. The number of carbonyl (C=O) groups is 1. The van der Waals surface area contributed by atoms with E-state index in [0.29, 0.717) is 22.3 Å². The van der Waals surface area contributed by atoms with Crippen LogP contribution in [0.5, 0.6) is 0 Å². The van der Waals surface area contributed by atoms with Crippen molar-refractivity contribution >= 4 is 34.8 Å². The van der Waals surface area contributed by atoms with Crippen LogP contribution in [0.25, 0.3) is 0 Å². The summed E-state index contributed by atoms with van der Waals surface area (Å²) in [5.41, 5.74) is 0.638. The van der Waals surface area contributed by atoms with Crippen molar-refractivity contribution in [2.24, 2.45) is 0 Å². The molecule has 0 aromatic heterocycles. The molecule has 1 aromatic rings. The van der Waals surface area contributed by atoms with Crippen molar-refractivity contribution in [3.8, 4) is 0 Å². The van der Waals surface area contributed by atoms with Gasteiger partial charge in [-0.2, -0.15) is 0 Å². The van der Waals surface area contributed by atoms with Crippen molar-refractivity contribution in [3.63, 3.8) is 0 Å². The van der Waals surface area contributed by atoms with Gasteiger partial charge in [0, 0.05) is 12.3 Å². The average Bonchev–Trinajstić information content (AvgIpc) is 2.35. The zero-order chi connectivity index (χ0) is 12.3. The van der Waals surface area contributed by atoms with Crippen LogP contribution in [0.15, 0.2) is 18.2 Å². The topological polar surface area (TPSA) is 38.3 Å². The fraction of sp³-hybridized carbons (Fsp3) is 0.417. The Labute approximate surface area is 110 Å². The zero-order valence-corrected chi connectivity index (χ0v) is 10.7. The Morgan fingerprint density at radius 2 is 2.12 bits per heavy atom. The highest BCUT2D eigenvalue weighted by Crippen LogP contribution is 2.25. The van der Waals surface area contributed by atoms with Gasteiger partial charge in [0.1, 0.15) is 6.10 Å². The Morgan fingerprint density at radius 1 is 1.29 bits per heavy atom. The highest BCUT2D eigenvalue weighted by molar-refractivity contribution is 6.42. The van der Waals surface area contributed by atoms with Crippen LogP contribution in [0, 0.1) is 0 Å². The Morgan fingerprint density at radius 3 is 2.76 bits per heavy atom. The number of hydrogen-bond acceptors (Lipinski definition) is 2. The van der Waals surface area contributed by atoms with Gasteiger partial charge in [0.2, 0.25) is 0 Å². The predicted molar refractivity (Wildman–Crippen MR) is 68.7 cm³/mol. The zero-order valence-electron chi connectivity index (χ0n) is 9.21. The monoisotopic (exact) mass is 273 g/mol. The normalized spacial score (nSPS) is 20.0. The fourth-order valence-corrected chi connectivity index (χ4v) is 2.04. The first-order valence-electron chi connectivity index (χ1n) is 5.54. The van der Waals surface area contributed by atoms with Gasteiger partial charge < -0.3 is 10.1 Å². The van der Waals surface area contributed by atoms with Crippen LogP contribution in [0.4, 0.5) is 5.69 Å². The number of hydrogen-bond donors (Lipinski definition) is 1. The lowest BCUT2D eigenvalue weighted by Crippen LogP contribution is -2.33. The quantitative estimate of drug-likeness (QED) is 0.896. The Kier molecular flexibility index (Phi) is 4.26. The summed E-state index contributed by atoms with van der Waals surface area (Å²) in [6.45, 7) is 0.652. The first-order chi connectivity index (χ1) is 8.16. The van der Waals surface area contributed by atoms with E-state index < -0.39 is 0 Å². The fourth-order valence-electron chi connectivity index (χ4n) is 1.74. The van der Waals surface area contributed by atoms with Crippen molar-refractivity contribution in [2.45, 2.75) is 25.4 Å². The smallest absolute Gasteiger partial charge is 0.253 e. The molecule has 3 nitrogen and oxygen atoms in total. The summed E-state index contributed by atoms with van der Waals surface area (Å²) in [6, 6.07) is 5.00. The van der Waals surface area contributed by atoms with Crippen molar-refractivity contribution in [1.29, 1.82) is 0 Å². The van der Waals surface area contributed by atoms with Crippen molar-refractivity contribution in [1.82, 2.24) is 0 Å². The highest BCUT2D eigenvalue weighted by atomic mass is 35.5. The molecule has 92 valence electrons. The summed E-state index contributed by atoms with van der Waals surface area (Å²) in [5, 5.41) is 3.67. The maximum atomic E-state index is 11.9. The number of amides is 1. The van der Waals surface area contributed by atoms with Gasteiger partial charge in [-0.05, 0) is 37.5 Å². The number of nitrogens with one attached hydrogen (secondary N) is 1. The standard InChI is InChI=1S/C12H13Cl2NO2/c13-9-5-4-8(7-10(9)14)15-12(16)11-3-1-2-6-17-11/h4-5,7,11H,1-3,6H2,(H,15,16). The molecule has 0 radical (unpaired) electrons. The van der Waals surface area contributed by atoms with Crippen LogP contribution < -0.4 is 5.32 Å². The van der Waals surface area contributed by atoms with E-state index in [0.717, 1.165) is 19.3 Å². The second-order valence-corrected chi connectivity index (χ2v) is 4.79. The number of rotatable bonds is 2. The number of halogens is 2. The molecule has 0 spiro atoms. The highest BCUT2D eigenvalue weighted by Gasteiger charge is 2.21. The van der Waals surface area contributed by atoms with Crippen molar-refractivity contribution in [3.05, 3.63) is 28.2 Å². The van der Waals surface area contributed by atoms with E-state index in [1.807, 2.05) is 0 Å². The van der Waals surface area contributed by atoms with Crippen LogP contribution in [0.3, 0.4) is 0 Å². The summed E-state index contributed by atoms with van der Waals surface area (Å²) in [6.07, 6.45) is 2.47. The molecule has 0 saturated carbocycles. The van der Waals surface area contributed by atoms with E-state index in [1.54, 1.807) is 18.2 Å². The molecule has 1 N–H and O–H groups in total. The number of carbonyl (C=O) groups excluding carboxylic acids is 1. The molecule has 1 aromatic carbocycles. The van der Waals surface area contributed by atoms with Gasteiger partial charge in [-0.3, -0.25) is 4.79 Å². The molecule has 1 aliphatic rings. The minimum Gasteiger partial charge on any atom is -0.368 e. The lowest BCUT2D eigenvalue weighted by Gasteiger charge is -2.21. The SMILES string of the molecule is O=C(Nc1ccc(Cl)c(Cl)c1)C1CCCCO1. The third-order valence-corrected chi connectivity index (χ3v) is 3.40. The first-order valence-corrected chi connectivity index (χ1v) is 6.30. The maximum absolute atomic E-state index is 11.9. The Bertz CT molecular complexity index is 417. The number of benzene rings is 1. The molecule has 1 heterocycles. The second kappa shape index (κ2) is 5.71. The van der Waals surface area contributed by atoms with Gasteiger partial charge in [-0.15, -0.1) is 0 Å². The first kappa shape index (κ1) is 12.7. The van der Waals surface area contributed by atoms with Gasteiger partial charge in [0.05, 0.1) is 10.0 Å². The molecule has 1 amide bonds. The minimum atomic E-state index is -0.349. The van der Waals surface area contributed by atoms with Crippen LogP contribution in [0.2, 0.25) is 10.0 Å². The van der Waals surface area contributed by atoms with E-state index in [2.05, 4.69) is 5.32 Å². The second-order valence-electron chi connectivity index (χ2n) is 3.97. The van der Waals surface area contributed by atoms with E-state index in [9.17, 15) is 4.79 Å². The summed E-state index contributed by atoms with van der Waals surface area (Å²) in [4.78, 5) is 11.9. The third kappa shape index (κ3) is 3.35. The van der Waals surface area contributed by atoms with E-state index in [-0.39, 0.29) is 12.0 Å². The van der Waals surface area contributed by atoms with Gasteiger partial charge in [-0.1, -0.05) is 23.2 Å². The number of ether oxygens (including phenoxy) is 1. The molecular weight excluding hydrogens is 261 g/mol. The predicted octanol–water partition coefficient (Wildman–Crippen LogP) is 3.50. The molecule has 1 saturated heterocycles. The summed E-state index contributed by atoms with van der Waals surface area (Å²) >= 11 is 11.7. The lowest BCUT2D eigenvalue weighted by molar-refractivity contribution is -0.129. The molecule has 5 heteroatoms. The number of anilines is 1. The molecule has 0 bridgehead atoms. The van der Waals surface area contributed by atoms with Gasteiger partial charge in [0.15, 0.2) is 0 Å². The molecule has 0 aliphatic carbocycles. The average molecular weight is 274 g/mol. The Hall–Kier alpha value is -0.770. The lowest BCUT2D eigenvalue weighted by atomic mass is 10.1. The van der Waals surface area contributed by atoms with Crippen LogP contribution >= 0.6 is 23.2 Å². The molecule has 1 fully saturated rings. The summed E-state index contributed by atoms with van der Waals surface area (Å²) in [7, 11) is 0. The van der Waals surface area contributed by atoms with Crippen molar-refractivity contribution < 1.29 is 9.53 Å². The van der Waals surface area contributed by atoms with Gasteiger partial charge in [0.25, 0.3) is 5.91 Å². The summed E-state index contributed by atoms with van der Waals surface area (Å²) in [5.74, 6) is -0.122. The Balaban J connectivity index is 1.99.